The van der Waals surface area contributed by atoms with Gasteiger partial charge in [0.25, 0.3) is 0 Å². The predicted molar refractivity (Wildman–Crippen MR) is 90.3 cm³/mol. The largest absolute Gasteiger partial charge is 0.298 e. The van der Waals surface area contributed by atoms with Gasteiger partial charge in [0.15, 0.2) is 0 Å². The molecular formula is C18H27N5. The van der Waals surface area contributed by atoms with Crippen LogP contribution in [0.2, 0.25) is 0 Å². The summed E-state index contributed by atoms with van der Waals surface area (Å²) in [6.45, 7) is 3.35. The van der Waals surface area contributed by atoms with Crippen molar-refractivity contribution in [3.8, 4) is 0 Å². The SMILES string of the molecule is c1cc(C2CCCN(Cc3cn[nH]c3C3CCCCC3)C2)[nH]n1. The molecule has 1 atom stereocenters. The van der Waals surface area contributed by atoms with E-state index in [1.807, 2.05) is 6.20 Å². The predicted octanol–water partition coefficient (Wildman–Crippen LogP) is 3.56. The lowest BCUT2D eigenvalue weighted by molar-refractivity contribution is 0.197. The molecule has 23 heavy (non-hydrogen) atoms. The standard InChI is InChI=1S/C18H27N5/c1-2-5-14(6-3-1)18-16(11-20-22-18)13-23-10-4-7-15(12-23)17-8-9-19-21-17/h8-9,11,14-15H,1-7,10,12-13H2,(H,19,21)(H,20,22). The summed E-state index contributed by atoms with van der Waals surface area (Å²) < 4.78 is 0. The molecule has 0 radical (unpaired) electrons. The normalized spacial score (nSPS) is 24.1. The Morgan fingerprint density at radius 2 is 1.87 bits per heavy atom. The molecule has 0 bridgehead atoms. The molecule has 0 aromatic carbocycles. The molecule has 2 fully saturated rings. The topological polar surface area (TPSA) is 60.6 Å². The highest BCUT2D eigenvalue weighted by molar-refractivity contribution is 5.21. The lowest BCUT2D eigenvalue weighted by Crippen LogP contribution is -2.34. The summed E-state index contributed by atoms with van der Waals surface area (Å²) in [7, 11) is 0. The molecule has 2 aromatic rings. The number of rotatable bonds is 4. The Morgan fingerprint density at radius 1 is 1.00 bits per heavy atom. The van der Waals surface area contributed by atoms with Gasteiger partial charge in [-0.05, 0) is 38.3 Å². The van der Waals surface area contributed by atoms with E-state index in [1.165, 1.54) is 68.4 Å². The summed E-state index contributed by atoms with van der Waals surface area (Å²) in [5.74, 6) is 1.30. The third-order valence-corrected chi connectivity index (χ3v) is 5.63. The molecule has 124 valence electrons. The van der Waals surface area contributed by atoms with E-state index in [2.05, 4.69) is 37.6 Å². The molecule has 2 N–H and O–H groups in total. The van der Waals surface area contributed by atoms with Crippen molar-refractivity contribution < 1.29 is 0 Å². The number of hydrogen-bond donors (Lipinski definition) is 2. The Labute approximate surface area is 137 Å². The van der Waals surface area contributed by atoms with Crippen LogP contribution in [0.25, 0.3) is 0 Å². The summed E-state index contributed by atoms with van der Waals surface area (Å²) in [6, 6.07) is 2.12. The minimum atomic E-state index is 0.594. The van der Waals surface area contributed by atoms with E-state index in [0.29, 0.717) is 11.8 Å². The first-order valence-electron chi connectivity index (χ1n) is 9.14. The van der Waals surface area contributed by atoms with Crippen molar-refractivity contribution in [3.05, 3.63) is 35.4 Å². The van der Waals surface area contributed by atoms with E-state index >= 15 is 0 Å². The van der Waals surface area contributed by atoms with Gasteiger partial charge in [-0.15, -0.1) is 0 Å². The van der Waals surface area contributed by atoms with Crippen molar-refractivity contribution in [2.45, 2.75) is 63.3 Å². The second kappa shape index (κ2) is 6.87. The van der Waals surface area contributed by atoms with Crippen LogP contribution in [0.1, 0.15) is 73.7 Å². The number of nitrogens with one attached hydrogen (secondary N) is 2. The molecule has 1 aliphatic heterocycles. The van der Waals surface area contributed by atoms with Crippen LogP contribution in [0.5, 0.6) is 0 Å². The molecule has 1 unspecified atom stereocenters. The van der Waals surface area contributed by atoms with Crippen LogP contribution in [0.4, 0.5) is 0 Å². The maximum Gasteiger partial charge on any atom is 0.0535 e. The van der Waals surface area contributed by atoms with Crippen molar-refractivity contribution in [2.24, 2.45) is 0 Å². The maximum absolute atomic E-state index is 4.36. The molecule has 5 heteroatoms. The highest BCUT2D eigenvalue weighted by Crippen LogP contribution is 2.34. The number of H-pyrrole nitrogens is 2. The highest BCUT2D eigenvalue weighted by Gasteiger charge is 2.25. The van der Waals surface area contributed by atoms with Gasteiger partial charge in [0.1, 0.15) is 0 Å². The number of aromatic nitrogens is 4. The Morgan fingerprint density at radius 3 is 2.70 bits per heavy atom. The van der Waals surface area contributed by atoms with Gasteiger partial charge in [-0.25, -0.2) is 0 Å². The van der Waals surface area contributed by atoms with Gasteiger partial charge < -0.3 is 0 Å². The van der Waals surface area contributed by atoms with E-state index < -0.39 is 0 Å². The monoisotopic (exact) mass is 313 g/mol. The Kier molecular flexibility index (Phi) is 4.46. The van der Waals surface area contributed by atoms with E-state index in [-0.39, 0.29) is 0 Å². The van der Waals surface area contributed by atoms with Crippen molar-refractivity contribution in [1.82, 2.24) is 25.3 Å². The van der Waals surface area contributed by atoms with Gasteiger partial charge in [0.2, 0.25) is 0 Å². The molecule has 1 saturated heterocycles. The zero-order chi connectivity index (χ0) is 15.5. The first-order valence-corrected chi connectivity index (χ1v) is 9.14. The summed E-state index contributed by atoms with van der Waals surface area (Å²) >= 11 is 0. The van der Waals surface area contributed by atoms with E-state index in [9.17, 15) is 0 Å². The summed E-state index contributed by atoms with van der Waals surface area (Å²) in [5.41, 5.74) is 4.12. The van der Waals surface area contributed by atoms with Gasteiger partial charge >= 0.3 is 0 Å². The molecule has 1 saturated carbocycles. The fourth-order valence-corrected chi connectivity index (χ4v) is 4.38. The van der Waals surface area contributed by atoms with Gasteiger partial charge in [-0.2, -0.15) is 10.2 Å². The second-order valence-electron chi connectivity index (χ2n) is 7.23. The van der Waals surface area contributed by atoms with Crippen LogP contribution < -0.4 is 0 Å². The Bertz CT molecular complexity index is 597. The lowest BCUT2D eigenvalue weighted by atomic mass is 9.85. The van der Waals surface area contributed by atoms with E-state index in [1.54, 1.807) is 0 Å². The summed E-state index contributed by atoms with van der Waals surface area (Å²) in [4.78, 5) is 2.59. The van der Waals surface area contributed by atoms with E-state index in [4.69, 9.17) is 0 Å². The zero-order valence-corrected chi connectivity index (χ0v) is 13.8. The molecule has 0 amide bonds. The smallest absolute Gasteiger partial charge is 0.0535 e. The second-order valence-corrected chi connectivity index (χ2v) is 7.23. The van der Waals surface area contributed by atoms with Crippen LogP contribution in [0.15, 0.2) is 18.5 Å². The third kappa shape index (κ3) is 3.34. The van der Waals surface area contributed by atoms with Gasteiger partial charge in [0.05, 0.1) is 6.20 Å². The minimum absolute atomic E-state index is 0.594. The number of nitrogens with zero attached hydrogens (tertiary/aromatic N) is 3. The molecular weight excluding hydrogens is 286 g/mol. The Balaban J connectivity index is 1.43. The Hall–Kier alpha value is -1.62. The zero-order valence-electron chi connectivity index (χ0n) is 13.8. The van der Waals surface area contributed by atoms with E-state index in [0.717, 1.165) is 13.1 Å². The minimum Gasteiger partial charge on any atom is -0.298 e. The number of aromatic amines is 2. The number of likely N-dealkylation sites (tertiary alicyclic amines) is 1. The molecule has 2 aliphatic rings. The third-order valence-electron chi connectivity index (χ3n) is 5.63. The van der Waals surface area contributed by atoms with Crippen LogP contribution in [-0.2, 0) is 6.54 Å². The van der Waals surface area contributed by atoms with Gasteiger partial charge in [-0.1, -0.05) is 19.3 Å². The number of piperidine rings is 1. The van der Waals surface area contributed by atoms with Crippen LogP contribution >= 0.6 is 0 Å². The highest BCUT2D eigenvalue weighted by atomic mass is 15.2. The van der Waals surface area contributed by atoms with Crippen LogP contribution in [0, 0.1) is 0 Å². The quantitative estimate of drug-likeness (QED) is 0.907. The first kappa shape index (κ1) is 14.9. The van der Waals surface area contributed by atoms with Crippen molar-refractivity contribution in [1.29, 1.82) is 0 Å². The van der Waals surface area contributed by atoms with Crippen molar-refractivity contribution >= 4 is 0 Å². The molecule has 0 spiro atoms. The van der Waals surface area contributed by atoms with Crippen molar-refractivity contribution in [2.75, 3.05) is 13.1 Å². The molecule has 1 aliphatic carbocycles. The average molecular weight is 313 g/mol. The van der Waals surface area contributed by atoms with Crippen LogP contribution in [-0.4, -0.2) is 38.4 Å². The fraction of sp³-hybridized carbons (Fsp3) is 0.667. The average Bonchev–Trinajstić information content (AvgIpc) is 3.28. The van der Waals surface area contributed by atoms with Gasteiger partial charge in [0, 0.05) is 48.1 Å². The molecule has 2 aromatic heterocycles. The lowest BCUT2D eigenvalue weighted by Gasteiger charge is -2.32. The summed E-state index contributed by atoms with van der Waals surface area (Å²) in [6.07, 6.45) is 13.2. The molecule has 4 rings (SSSR count). The number of hydrogen-bond acceptors (Lipinski definition) is 3. The fourth-order valence-electron chi connectivity index (χ4n) is 4.38. The molecule has 3 heterocycles. The molecule has 5 nitrogen and oxygen atoms in total. The van der Waals surface area contributed by atoms with Gasteiger partial charge in [-0.3, -0.25) is 15.1 Å². The summed E-state index contributed by atoms with van der Waals surface area (Å²) in [5, 5.41) is 14.9. The van der Waals surface area contributed by atoms with Crippen molar-refractivity contribution in [3.63, 3.8) is 0 Å². The first-order chi connectivity index (χ1) is 11.4. The maximum atomic E-state index is 4.36. The van der Waals surface area contributed by atoms with Crippen LogP contribution in [0.3, 0.4) is 0 Å².